The molecule has 1 heterocycles. The van der Waals surface area contributed by atoms with E-state index in [-0.39, 0.29) is 16.4 Å². The molecule has 0 saturated carbocycles. The van der Waals surface area contributed by atoms with Crippen molar-refractivity contribution in [2.24, 2.45) is 0 Å². The Morgan fingerprint density at radius 2 is 1.84 bits per heavy atom. The average Bonchev–Trinajstić information content (AvgIpc) is 2.92. The van der Waals surface area contributed by atoms with Crippen molar-refractivity contribution in [3.63, 3.8) is 0 Å². The molecule has 3 rings (SSSR count). The second-order valence-electron chi connectivity index (χ2n) is 6.89. The van der Waals surface area contributed by atoms with Crippen molar-refractivity contribution in [1.82, 2.24) is 5.32 Å². The fraction of sp³-hybridized carbons (Fsp3) is 0.556. The van der Waals surface area contributed by atoms with Gasteiger partial charge >= 0.3 is 0 Å². The molecule has 0 bridgehead atoms. The molecule has 5 nitrogen and oxygen atoms in total. The number of nitrogens with one attached hydrogen (secondary N) is 1. The first-order valence-electron chi connectivity index (χ1n) is 8.79. The van der Waals surface area contributed by atoms with Gasteiger partial charge < -0.3 is 5.32 Å². The molecule has 1 fully saturated rings. The van der Waals surface area contributed by atoms with E-state index >= 15 is 0 Å². The molecule has 0 amide bonds. The normalized spacial score (nSPS) is 26.3. The molecule has 0 aromatic heterocycles. The van der Waals surface area contributed by atoms with Gasteiger partial charge in [0.25, 0.3) is 0 Å². The predicted octanol–water partition coefficient (Wildman–Crippen LogP) is 2.11. The summed E-state index contributed by atoms with van der Waals surface area (Å²) in [5.41, 5.74) is 1.39. The second-order valence-corrected chi connectivity index (χ2v) is 11.2. The van der Waals surface area contributed by atoms with Crippen LogP contribution in [-0.4, -0.2) is 46.2 Å². The minimum Gasteiger partial charge on any atom is -0.311 e. The lowest BCUT2D eigenvalue weighted by molar-refractivity contribution is 0.523. The highest BCUT2D eigenvalue weighted by Crippen LogP contribution is 2.26. The summed E-state index contributed by atoms with van der Waals surface area (Å²) in [7, 11) is -7.02. The monoisotopic (exact) mass is 383 g/mol. The Hall–Kier alpha value is -1.18. The number of benzene rings is 1. The molecule has 0 radical (unpaired) electrons. The zero-order valence-corrected chi connectivity index (χ0v) is 15.9. The Kier molecular flexibility index (Phi) is 5.65. The number of hydrogen-bond donors (Lipinski definition) is 1. The standard InChI is InChI=1S/C18H25NO4S2/c20-24(21)13-17(19-12-11-15-7-3-1-4-8-15)18(14-24)25(22,23)16-9-5-2-6-10-16/h2,5-7,9-10,17-19H,1,3-4,8,11-14H2/t17-,18-/m0/s1. The SMILES string of the molecule is O=S1(=O)C[C@H](NCCC2=CCCCC2)[C@@H](S(=O)(=O)c2ccccc2)C1. The largest absolute Gasteiger partial charge is 0.311 e. The summed E-state index contributed by atoms with van der Waals surface area (Å²) in [4.78, 5) is 0.193. The van der Waals surface area contributed by atoms with Crippen LogP contribution in [0.15, 0.2) is 46.9 Å². The van der Waals surface area contributed by atoms with Gasteiger partial charge in [0.2, 0.25) is 0 Å². The smallest absolute Gasteiger partial charge is 0.183 e. The van der Waals surface area contributed by atoms with Crippen LogP contribution in [0.3, 0.4) is 0 Å². The first kappa shape index (κ1) is 18.6. The molecule has 1 aliphatic carbocycles. The van der Waals surface area contributed by atoms with Crippen molar-refractivity contribution >= 4 is 19.7 Å². The Bertz CT molecular complexity index is 829. The van der Waals surface area contributed by atoms with E-state index < -0.39 is 31.0 Å². The molecule has 2 aliphatic rings. The maximum atomic E-state index is 12.9. The van der Waals surface area contributed by atoms with Crippen LogP contribution in [0, 0.1) is 0 Å². The highest BCUT2D eigenvalue weighted by molar-refractivity contribution is 7.96. The summed E-state index contributed by atoms with van der Waals surface area (Å²) in [5, 5.41) is 2.29. The predicted molar refractivity (Wildman–Crippen MR) is 99.0 cm³/mol. The van der Waals surface area contributed by atoms with E-state index in [1.165, 1.54) is 30.5 Å². The van der Waals surface area contributed by atoms with Gasteiger partial charge in [-0.3, -0.25) is 0 Å². The highest BCUT2D eigenvalue weighted by Gasteiger charge is 2.45. The van der Waals surface area contributed by atoms with Crippen LogP contribution in [0.5, 0.6) is 0 Å². The minimum absolute atomic E-state index is 0.108. The summed E-state index contributed by atoms with van der Waals surface area (Å²) < 4.78 is 49.9. The number of allylic oxidation sites excluding steroid dienone is 1. The van der Waals surface area contributed by atoms with Crippen molar-refractivity contribution < 1.29 is 16.8 Å². The highest BCUT2D eigenvalue weighted by atomic mass is 32.2. The Morgan fingerprint density at radius 3 is 2.52 bits per heavy atom. The first-order chi connectivity index (χ1) is 11.9. The fourth-order valence-electron chi connectivity index (χ4n) is 3.65. The van der Waals surface area contributed by atoms with Crippen LogP contribution in [0.2, 0.25) is 0 Å². The van der Waals surface area contributed by atoms with Crippen molar-refractivity contribution in [1.29, 1.82) is 0 Å². The van der Waals surface area contributed by atoms with Crippen LogP contribution in [0.1, 0.15) is 32.1 Å². The number of sulfone groups is 2. The van der Waals surface area contributed by atoms with E-state index in [9.17, 15) is 16.8 Å². The molecule has 1 aromatic rings. The van der Waals surface area contributed by atoms with Crippen LogP contribution >= 0.6 is 0 Å². The maximum Gasteiger partial charge on any atom is 0.183 e. The van der Waals surface area contributed by atoms with Gasteiger partial charge in [0, 0.05) is 6.04 Å². The average molecular weight is 384 g/mol. The van der Waals surface area contributed by atoms with Crippen molar-refractivity contribution in [3.8, 4) is 0 Å². The fourth-order valence-corrected chi connectivity index (χ4v) is 8.38. The number of rotatable bonds is 6. The molecule has 138 valence electrons. The third kappa shape index (κ3) is 4.51. The zero-order chi connectivity index (χ0) is 17.9. The van der Waals surface area contributed by atoms with Gasteiger partial charge in [-0.15, -0.1) is 0 Å². The summed E-state index contributed by atoms with van der Waals surface area (Å²) in [5.74, 6) is -0.409. The van der Waals surface area contributed by atoms with Crippen LogP contribution < -0.4 is 5.32 Å². The van der Waals surface area contributed by atoms with E-state index in [0.717, 1.165) is 19.3 Å². The minimum atomic E-state index is -3.67. The van der Waals surface area contributed by atoms with E-state index in [2.05, 4.69) is 11.4 Å². The van der Waals surface area contributed by atoms with Gasteiger partial charge in [-0.1, -0.05) is 29.8 Å². The molecule has 7 heteroatoms. The summed E-state index contributed by atoms with van der Waals surface area (Å²) in [6.07, 6.45) is 7.75. The van der Waals surface area contributed by atoms with Crippen LogP contribution in [0.4, 0.5) is 0 Å². The van der Waals surface area contributed by atoms with Crippen LogP contribution in [-0.2, 0) is 19.7 Å². The molecule has 25 heavy (non-hydrogen) atoms. The molecular weight excluding hydrogens is 358 g/mol. The van der Waals surface area contributed by atoms with Crippen LogP contribution in [0.25, 0.3) is 0 Å². The summed E-state index contributed by atoms with van der Waals surface area (Å²) in [6.45, 7) is 0.618. The van der Waals surface area contributed by atoms with E-state index in [1.807, 2.05) is 0 Å². The molecule has 1 N–H and O–H groups in total. The van der Waals surface area contributed by atoms with Gasteiger partial charge in [0.05, 0.1) is 21.7 Å². The van der Waals surface area contributed by atoms with E-state index in [4.69, 9.17) is 0 Å². The molecule has 1 aliphatic heterocycles. The van der Waals surface area contributed by atoms with Gasteiger partial charge in [0.15, 0.2) is 19.7 Å². The molecular formula is C18H25NO4S2. The second kappa shape index (κ2) is 7.60. The third-order valence-corrected chi connectivity index (χ3v) is 9.17. The topological polar surface area (TPSA) is 80.3 Å². The van der Waals surface area contributed by atoms with Gasteiger partial charge in [-0.05, 0) is 50.8 Å². The van der Waals surface area contributed by atoms with Gasteiger partial charge in [0.1, 0.15) is 0 Å². The Labute approximate surface area is 150 Å². The third-order valence-electron chi connectivity index (χ3n) is 5.01. The lowest BCUT2D eigenvalue weighted by atomic mass is 9.97. The van der Waals surface area contributed by atoms with Gasteiger partial charge in [-0.2, -0.15) is 0 Å². The zero-order valence-electron chi connectivity index (χ0n) is 14.2. The summed E-state index contributed by atoms with van der Waals surface area (Å²) in [6, 6.07) is 7.59. The molecule has 2 atom stereocenters. The first-order valence-corrected chi connectivity index (χ1v) is 12.2. The quantitative estimate of drug-likeness (QED) is 0.761. The van der Waals surface area contributed by atoms with E-state index in [0.29, 0.717) is 6.54 Å². The van der Waals surface area contributed by atoms with Gasteiger partial charge in [-0.25, -0.2) is 16.8 Å². The maximum absolute atomic E-state index is 12.9. The lowest BCUT2D eigenvalue weighted by Gasteiger charge is -2.21. The van der Waals surface area contributed by atoms with E-state index in [1.54, 1.807) is 18.2 Å². The van der Waals surface area contributed by atoms with Crippen molar-refractivity contribution in [2.75, 3.05) is 18.1 Å². The Morgan fingerprint density at radius 1 is 1.08 bits per heavy atom. The molecule has 0 spiro atoms. The number of hydrogen-bond acceptors (Lipinski definition) is 5. The molecule has 1 aromatic carbocycles. The Balaban J connectivity index is 1.71. The molecule has 0 unspecified atom stereocenters. The lowest BCUT2D eigenvalue weighted by Crippen LogP contribution is -2.43. The van der Waals surface area contributed by atoms with Crippen molar-refractivity contribution in [2.45, 2.75) is 48.3 Å². The molecule has 1 saturated heterocycles. The summed E-state index contributed by atoms with van der Waals surface area (Å²) >= 11 is 0. The van der Waals surface area contributed by atoms with Crippen molar-refractivity contribution in [3.05, 3.63) is 42.0 Å².